The molecule has 0 radical (unpaired) electrons. The van der Waals surface area contributed by atoms with Gasteiger partial charge in [-0.25, -0.2) is 0 Å². The van der Waals surface area contributed by atoms with Gasteiger partial charge in [-0.15, -0.1) is 11.3 Å². The molecule has 0 spiro atoms. The molecule has 7 aromatic carbocycles. The van der Waals surface area contributed by atoms with Gasteiger partial charge in [0, 0.05) is 49.1 Å². The fourth-order valence-corrected chi connectivity index (χ4v) is 15.6. The van der Waals surface area contributed by atoms with Gasteiger partial charge in [0.15, 0.2) is 8.07 Å². The van der Waals surface area contributed by atoms with E-state index in [-0.39, 0.29) is 5.92 Å². The minimum Gasteiger partial charge on any atom is -0.311 e. The van der Waals surface area contributed by atoms with Crippen LogP contribution in [0.4, 0.5) is 11.4 Å². The van der Waals surface area contributed by atoms with Gasteiger partial charge in [0.2, 0.25) is 0 Å². The van der Waals surface area contributed by atoms with E-state index < -0.39 is 8.07 Å². The van der Waals surface area contributed by atoms with E-state index in [0.29, 0.717) is 0 Å². The lowest BCUT2D eigenvalue weighted by atomic mass is 9.90. The number of fused-ring (bicyclic) bond motifs is 4. The van der Waals surface area contributed by atoms with Crippen LogP contribution in [-0.2, 0) is 0 Å². The lowest BCUT2D eigenvalue weighted by Crippen LogP contribution is -2.74. The van der Waals surface area contributed by atoms with Gasteiger partial charge in [-0.1, -0.05) is 189 Å². The van der Waals surface area contributed by atoms with E-state index in [1.807, 2.05) is 6.08 Å². The highest BCUT2D eigenvalue weighted by atomic mass is 32.1. The summed E-state index contributed by atoms with van der Waals surface area (Å²) in [4.78, 5) is 2.43. The van der Waals surface area contributed by atoms with Gasteiger partial charge in [0.25, 0.3) is 0 Å². The molecular formula is C60H46N2SSi. The molecular weight excluding hydrogens is 809 g/mol. The lowest BCUT2D eigenvalue weighted by Gasteiger charge is -2.35. The third-order valence-electron chi connectivity index (χ3n) is 13.1. The molecule has 0 aliphatic heterocycles. The zero-order valence-corrected chi connectivity index (χ0v) is 37.3. The summed E-state index contributed by atoms with van der Waals surface area (Å²) in [7, 11) is -2.69. The number of hydrogen-bond donors (Lipinski definition) is 0. The maximum absolute atomic E-state index is 4.45. The molecule has 1 atom stereocenters. The van der Waals surface area contributed by atoms with Gasteiger partial charge in [-0.3, -0.25) is 0 Å². The first-order valence-corrected chi connectivity index (χ1v) is 24.9. The molecule has 0 fully saturated rings. The molecule has 4 heteroatoms. The zero-order valence-electron chi connectivity index (χ0n) is 35.5. The van der Waals surface area contributed by atoms with Crippen molar-refractivity contribution in [2.24, 2.45) is 0 Å². The highest BCUT2D eigenvalue weighted by Gasteiger charge is 2.41. The van der Waals surface area contributed by atoms with E-state index in [1.54, 1.807) is 11.3 Å². The topological polar surface area (TPSA) is 7.65 Å². The molecule has 3 aromatic heterocycles. The van der Waals surface area contributed by atoms with E-state index in [2.05, 4.69) is 252 Å². The molecule has 0 bridgehead atoms. The summed E-state index contributed by atoms with van der Waals surface area (Å²) in [6.07, 6.45) is 12.0. The molecule has 2 nitrogen and oxygen atoms in total. The van der Waals surface area contributed by atoms with Gasteiger partial charge in [0.05, 0.1) is 16.4 Å². The number of aromatic nitrogens is 1. The highest BCUT2D eigenvalue weighted by Crippen LogP contribution is 2.38. The summed E-state index contributed by atoms with van der Waals surface area (Å²) in [5, 5.41) is 14.8. The average Bonchev–Trinajstić information content (AvgIpc) is 3.87. The van der Waals surface area contributed by atoms with Crippen LogP contribution in [-0.4, -0.2) is 12.5 Å². The number of rotatable bonds is 9. The van der Waals surface area contributed by atoms with Crippen LogP contribution in [0, 0.1) is 0 Å². The Labute approximate surface area is 379 Å². The SMILES string of the molecule is C=CC=c1c(=C)c2cccc3c4cc(C5C=CC(N(c6cccc7ccccc7scc6)c6ccc([Si](c7ccccc7)(c7ccccc7)c7ccccc7)cc6)=CC5)ccc4n1c23. The Morgan fingerprint density at radius 1 is 0.594 bits per heavy atom. The number of benzene rings is 7. The van der Waals surface area contributed by atoms with Gasteiger partial charge in [-0.2, -0.15) is 0 Å². The second kappa shape index (κ2) is 16.6. The smallest absolute Gasteiger partial charge is 0.179 e. The molecule has 1 unspecified atom stereocenters. The zero-order chi connectivity index (χ0) is 43.0. The standard InChI is InChI=1S/C60H46N2SSi/c1-3-17-57-43(2)54-27-16-28-55-56-42-46(32-39-58(56)62(57)60(54)55)44-30-33-48(34-31-44)61(47-20-15-19-45-18-13-14-29-59(45)63-41-40-47)49-35-37-53(38-36-49)64(50-21-7-4-8-22-50,51-23-9-5-10-24-51)52-25-11-6-12-26-52/h3-30,32-42,44H,1-2,31H2. The van der Waals surface area contributed by atoms with Crippen LogP contribution >= 0.6 is 11.3 Å². The van der Waals surface area contributed by atoms with E-state index >= 15 is 0 Å². The third kappa shape index (κ3) is 6.62. The van der Waals surface area contributed by atoms with Crippen LogP contribution < -0.4 is 36.2 Å². The number of para-hydroxylation sites is 1. The summed E-state index contributed by atoms with van der Waals surface area (Å²) in [6, 6.07) is 74.0. The summed E-state index contributed by atoms with van der Waals surface area (Å²) >= 11 is 1.76. The number of anilines is 2. The van der Waals surface area contributed by atoms with Gasteiger partial charge < -0.3 is 9.30 Å². The van der Waals surface area contributed by atoms with E-state index in [4.69, 9.17) is 0 Å². The maximum Gasteiger partial charge on any atom is 0.179 e. The molecule has 0 saturated carbocycles. The van der Waals surface area contributed by atoms with E-state index in [0.717, 1.165) is 34.1 Å². The van der Waals surface area contributed by atoms with Crippen molar-refractivity contribution in [3.8, 4) is 0 Å². The third-order valence-corrected chi connectivity index (χ3v) is 18.8. The second-order valence-electron chi connectivity index (χ2n) is 16.5. The van der Waals surface area contributed by atoms with Crippen LogP contribution in [0.5, 0.6) is 0 Å². The summed E-state index contributed by atoms with van der Waals surface area (Å²) < 4.78 is 3.60. The second-order valence-corrected chi connectivity index (χ2v) is 21.3. The van der Waals surface area contributed by atoms with Crippen molar-refractivity contribution >= 4 is 101 Å². The predicted molar refractivity (Wildman–Crippen MR) is 279 cm³/mol. The summed E-state index contributed by atoms with van der Waals surface area (Å²) in [5.41, 5.74) is 7.12. The quantitative estimate of drug-likeness (QED) is 0.104. The Kier molecular flexibility index (Phi) is 10.2. The van der Waals surface area contributed by atoms with Crippen LogP contribution in [0.15, 0.2) is 242 Å². The van der Waals surface area contributed by atoms with Gasteiger partial charge in [-0.05, 0) is 98.1 Å². The summed E-state index contributed by atoms with van der Waals surface area (Å²) in [6.45, 7) is 8.45. The molecule has 306 valence electrons. The summed E-state index contributed by atoms with van der Waals surface area (Å²) in [5.74, 6) is 0.240. The van der Waals surface area contributed by atoms with Crippen LogP contribution in [0.1, 0.15) is 17.9 Å². The number of hydrogen-bond acceptors (Lipinski definition) is 2. The normalized spacial score (nSPS) is 14.3. The Balaban J connectivity index is 1.02. The first-order chi connectivity index (χ1) is 31.6. The van der Waals surface area contributed by atoms with Crippen molar-refractivity contribution in [1.82, 2.24) is 4.40 Å². The van der Waals surface area contributed by atoms with E-state index in [9.17, 15) is 0 Å². The molecule has 1 aliphatic carbocycles. The first-order valence-electron chi connectivity index (χ1n) is 22.0. The van der Waals surface area contributed by atoms with Gasteiger partial charge in [0.1, 0.15) is 0 Å². The Morgan fingerprint density at radius 2 is 1.20 bits per heavy atom. The van der Waals surface area contributed by atoms with E-state index in [1.165, 1.54) is 63.6 Å². The fourth-order valence-electron chi connectivity index (χ4n) is 10.1. The number of allylic oxidation sites excluding steroid dienone is 4. The van der Waals surface area contributed by atoms with Crippen molar-refractivity contribution in [1.29, 1.82) is 0 Å². The Hall–Kier alpha value is -7.50. The van der Waals surface area contributed by atoms with Gasteiger partial charge >= 0.3 is 0 Å². The van der Waals surface area contributed by atoms with Crippen molar-refractivity contribution in [2.45, 2.75) is 12.3 Å². The molecule has 1 aliphatic rings. The monoisotopic (exact) mass is 854 g/mol. The van der Waals surface area contributed by atoms with Crippen LogP contribution in [0.2, 0.25) is 0 Å². The molecule has 10 aromatic rings. The lowest BCUT2D eigenvalue weighted by molar-refractivity contribution is 0.841. The molecule has 0 saturated heterocycles. The molecule has 11 rings (SSSR count). The minimum atomic E-state index is -2.69. The van der Waals surface area contributed by atoms with Crippen molar-refractivity contribution in [2.75, 3.05) is 4.90 Å². The highest BCUT2D eigenvalue weighted by molar-refractivity contribution is 7.20. The molecule has 64 heavy (non-hydrogen) atoms. The largest absolute Gasteiger partial charge is 0.311 e. The van der Waals surface area contributed by atoms with Crippen LogP contribution in [0.25, 0.3) is 49.9 Å². The molecule has 0 N–H and O–H groups in total. The number of nitrogens with zero attached hydrogens (tertiary/aromatic N) is 2. The Bertz CT molecular complexity index is 3430. The molecule has 0 amide bonds. The van der Waals surface area contributed by atoms with Crippen LogP contribution in [0.3, 0.4) is 0 Å². The van der Waals surface area contributed by atoms with Crippen molar-refractivity contribution in [3.05, 3.63) is 258 Å². The molecule has 3 heterocycles. The fraction of sp³-hybridized carbons (Fsp3) is 0.0333. The average molecular weight is 855 g/mol. The maximum atomic E-state index is 4.45. The predicted octanol–water partition coefficient (Wildman–Crippen LogP) is 11.5. The van der Waals surface area contributed by atoms with Crippen molar-refractivity contribution in [3.63, 3.8) is 0 Å². The Morgan fingerprint density at radius 3 is 1.88 bits per heavy atom. The minimum absolute atomic E-state index is 0.240. The van der Waals surface area contributed by atoms with Crippen molar-refractivity contribution < 1.29 is 0 Å². The first kappa shape index (κ1) is 39.4.